The van der Waals surface area contributed by atoms with E-state index in [2.05, 4.69) is 5.32 Å². The normalized spacial score (nSPS) is 14.2. The molecule has 0 saturated heterocycles. The number of hydrogen-bond donors (Lipinski definition) is 1. The molecule has 1 heterocycles. The molecule has 0 aromatic heterocycles. The Bertz CT molecular complexity index is 973. The smallest absolute Gasteiger partial charge is 0.241 e. The van der Waals surface area contributed by atoms with Gasteiger partial charge in [-0.25, -0.2) is 8.42 Å². The zero-order valence-electron chi connectivity index (χ0n) is 16.8. The van der Waals surface area contributed by atoms with E-state index < -0.39 is 10.0 Å². The Kier molecular flexibility index (Phi) is 6.32. The van der Waals surface area contributed by atoms with Crippen LogP contribution in [0.25, 0.3) is 0 Å². The van der Waals surface area contributed by atoms with Gasteiger partial charge in [-0.15, -0.1) is 0 Å². The van der Waals surface area contributed by atoms with Gasteiger partial charge in [0.1, 0.15) is 19.8 Å². The van der Waals surface area contributed by atoms with Gasteiger partial charge >= 0.3 is 0 Å². The summed E-state index contributed by atoms with van der Waals surface area (Å²) in [6, 6.07) is 12.5. The van der Waals surface area contributed by atoms with E-state index in [4.69, 9.17) is 9.47 Å². The third-order valence-corrected chi connectivity index (χ3v) is 6.50. The van der Waals surface area contributed by atoms with Gasteiger partial charge in [-0.3, -0.25) is 9.10 Å². The van der Waals surface area contributed by atoms with E-state index in [-0.39, 0.29) is 24.2 Å². The van der Waals surface area contributed by atoms with Crippen molar-refractivity contribution in [2.75, 3.05) is 29.8 Å². The molecule has 1 atom stereocenters. The van der Waals surface area contributed by atoms with Crippen molar-refractivity contribution in [2.24, 2.45) is 0 Å². The van der Waals surface area contributed by atoms with Crippen LogP contribution in [-0.4, -0.2) is 39.8 Å². The zero-order chi connectivity index (χ0) is 21.0. The first-order chi connectivity index (χ1) is 13.8. The lowest BCUT2D eigenvalue weighted by Gasteiger charge is -2.26. The van der Waals surface area contributed by atoms with Crippen molar-refractivity contribution in [1.82, 2.24) is 5.32 Å². The van der Waals surface area contributed by atoms with Gasteiger partial charge < -0.3 is 14.8 Å². The standard InChI is InChI=1S/C21H26N2O5S/c1-4-29(25,26)23(18-9-10-19-20(13-18)28-12-11-27-19)14-21(24)22-16(3)17-7-5-15(2)6-8-17/h5-10,13,16H,4,11-12,14H2,1-3H3,(H,22,24)/t16-/m0/s1. The van der Waals surface area contributed by atoms with Gasteiger partial charge in [0.2, 0.25) is 15.9 Å². The van der Waals surface area contributed by atoms with Crippen LogP contribution in [0.5, 0.6) is 11.5 Å². The van der Waals surface area contributed by atoms with Crippen molar-refractivity contribution in [3.63, 3.8) is 0 Å². The molecule has 0 spiro atoms. The van der Waals surface area contributed by atoms with Crippen molar-refractivity contribution < 1.29 is 22.7 Å². The summed E-state index contributed by atoms with van der Waals surface area (Å²) in [6.07, 6.45) is 0. The molecule has 1 aliphatic heterocycles. The van der Waals surface area contributed by atoms with Crippen LogP contribution in [-0.2, 0) is 14.8 Å². The second-order valence-corrected chi connectivity index (χ2v) is 9.12. The zero-order valence-corrected chi connectivity index (χ0v) is 17.7. The second-order valence-electron chi connectivity index (χ2n) is 6.94. The number of rotatable bonds is 7. The quantitative estimate of drug-likeness (QED) is 0.747. The molecule has 8 heteroatoms. The molecule has 0 saturated carbocycles. The Labute approximate surface area is 171 Å². The minimum absolute atomic E-state index is 0.123. The molecule has 0 bridgehead atoms. The van der Waals surface area contributed by atoms with Gasteiger partial charge in [-0.1, -0.05) is 29.8 Å². The topological polar surface area (TPSA) is 84.9 Å². The van der Waals surface area contributed by atoms with E-state index >= 15 is 0 Å². The molecule has 29 heavy (non-hydrogen) atoms. The molecule has 1 amide bonds. The number of carbonyl (C=O) groups excluding carboxylic acids is 1. The van der Waals surface area contributed by atoms with Crippen LogP contribution in [0, 0.1) is 6.92 Å². The van der Waals surface area contributed by atoms with Crippen LogP contribution < -0.4 is 19.1 Å². The van der Waals surface area contributed by atoms with Gasteiger partial charge in [0, 0.05) is 6.07 Å². The van der Waals surface area contributed by atoms with Crippen molar-refractivity contribution >= 4 is 21.6 Å². The number of fused-ring (bicyclic) bond motifs is 1. The Hall–Kier alpha value is -2.74. The summed E-state index contributed by atoms with van der Waals surface area (Å²) in [5.74, 6) is 0.525. The number of nitrogens with one attached hydrogen (secondary N) is 1. The molecule has 2 aromatic carbocycles. The fourth-order valence-electron chi connectivity index (χ4n) is 3.05. The number of hydrogen-bond acceptors (Lipinski definition) is 5. The lowest BCUT2D eigenvalue weighted by molar-refractivity contribution is -0.120. The molecular formula is C21H26N2O5S. The molecule has 7 nitrogen and oxygen atoms in total. The third kappa shape index (κ3) is 5.00. The summed E-state index contributed by atoms with van der Waals surface area (Å²) in [6.45, 7) is 5.94. The maximum Gasteiger partial charge on any atom is 0.241 e. The predicted octanol–water partition coefficient (Wildman–Crippen LogP) is 2.80. The number of carbonyl (C=O) groups is 1. The molecule has 0 aliphatic carbocycles. The molecule has 0 fully saturated rings. The van der Waals surface area contributed by atoms with Gasteiger partial charge in [0.25, 0.3) is 0 Å². The summed E-state index contributed by atoms with van der Waals surface area (Å²) < 4.78 is 37.5. The van der Waals surface area contributed by atoms with Gasteiger partial charge in [-0.2, -0.15) is 0 Å². The summed E-state index contributed by atoms with van der Waals surface area (Å²) in [7, 11) is -3.66. The molecular weight excluding hydrogens is 392 g/mol. The first-order valence-electron chi connectivity index (χ1n) is 9.56. The molecule has 0 radical (unpaired) electrons. The van der Waals surface area contributed by atoms with Crippen LogP contribution >= 0.6 is 0 Å². The number of sulfonamides is 1. The van der Waals surface area contributed by atoms with Crippen LogP contribution in [0.1, 0.15) is 31.0 Å². The summed E-state index contributed by atoms with van der Waals surface area (Å²) in [5.41, 5.74) is 2.45. The fraction of sp³-hybridized carbons (Fsp3) is 0.381. The lowest BCUT2D eigenvalue weighted by Crippen LogP contribution is -2.42. The SMILES string of the molecule is CCS(=O)(=O)N(CC(=O)N[C@@H](C)c1ccc(C)cc1)c1ccc2c(c1)OCCO2. The van der Waals surface area contributed by atoms with E-state index in [9.17, 15) is 13.2 Å². The Morgan fingerprint density at radius 1 is 1.10 bits per heavy atom. The van der Waals surface area contributed by atoms with Gasteiger partial charge in [-0.05, 0) is 38.5 Å². The largest absolute Gasteiger partial charge is 0.486 e. The summed E-state index contributed by atoms with van der Waals surface area (Å²) >= 11 is 0. The van der Waals surface area contributed by atoms with E-state index in [1.165, 1.54) is 0 Å². The van der Waals surface area contributed by atoms with E-state index in [0.717, 1.165) is 15.4 Å². The molecule has 3 rings (SSSR count). The molecule has 1 aliphatic rings. The first kappa shape index (κ1) is 21.0. The molecule has 0 unspecified atom stereocenters. The highest BCUT2D eigenvalue weighted by molar-refractivity contribution is 7.92. The van der Waals surface area contributed by atoms with E-state index in [1.807, 2.05) is 38.1 Å². The average Bonchev–Trinajstić information content (AvgIpc) is 2.72. The number of nitrogens with zero attached hydrogens (tertiary/aromatic N) is 1. The number of benzene rings is 2. The Balaban J connectivity index is 1.79. The lowest BCUT2D eigenvalue weighted by atomic mass is 10.1. The Morgan fingerprint density at radius 3 is 2.41 bits per heavy atom. The molecule has 2 aromatic rings. The maximum absolute atomic E-state index is 12.7. The number of ether oxygens (including phenoxy) is 2. The van der Waals surface area contributed by atoms with Crippen LogP contribution in [0.3, 0.4) is 0 Å². The Morgan fingerprint density at radius 2 is 1.76 bits per heavy atom. The molecule has 156 valence electrons. The predicted molar refractivity (Wildman–Crippen MR) is 112 cm³/mol. The molecule has 1 N–H and O–H groups in total. The van der Waals surface area contributed by atoms with Crippen molar-refractivity contribution in [2.45, 2.75) is 26.8 Å². The maximum atomic E-state index is 12.7. The van der Waals surface area contributed by atoms with Crippen molar-refractivity contribution in [3.05, 3.63) is 53.6 Å². The third-order valence-electron chi connectivity index (χ3n) is 4.76. The minimum Gasteiger partial charge on any atom is -0.486 e. The van der Waals surface area contributed by atoms with Crippen molar-refractivity contribution in [3.8, 4) is 11.5 Å². The highest BCUT2D eigenvalue weighted by Gasteiger charge is 2.26. The highest BCUT2D eigenvalue weighted by atomic mass is 32.2. The van der Waals surface area contributed by atoms with Crippen molar-refractivity contribution in [1.29, 1.82) is 0 Å². The minimum atomic E-state index is -3.66. The summed E-state index contributed by atoms with van der Waals surface area (Å²) in [4.78, 5) is 12.7. The van der Waals surface area contributed by atoms with E-state index in [1.54, 1.807) is 25.1 Å². The van der Waals surface area contributed by atoms with Crippen LogP contribution in [0.2, 0.25) is 0 Å². The number of aryl methyl sites for hydroxylation is 1. The highest BCUT2D eigenvalue weighted by Crippen LogP contribution is 2.34. The fourth-order valence-corrected chi connectivity index (χ4v) is 4.11. The average molecular weight is 419 g/mol. The second kappa shape index (κ2) is 8.73. The van der Waals surface area contributed by atoms with Crippen LogP contribution in [0.4, 0.5) is 5.69 Å². The monoisotopic (exact) mass is 418 g/mol. The number of amides is 1. The van der Waals surface area contributed by atoms with Crippen LogP contribution in [0.15, 0.2) is 42.5 Å². The summed E-state index contributed by atoms with van der Waals surface area (Å²) in [5, 5.41) is 2.87. The number of anilines is 1. The van der Waals surface area contributed by atoms with E-state index in [0.29, 0.717) is 30.4 Å². The van der Waals surface area contributed by atoms with Gasteiger partial charge in [0.05, 0.1) is 17.5 Å². The first-order valence-corrected chi connectivity index (χ1v) is 11.2. The van der Waals surface area contributed by atoms with Gasteiger partial charge in [0.15, 0.2) is 11.5 Å².